The van der Waals surface area contributed by atoms with E-state index in [2.05, 4.69) is 5.32 Å². The standard InChI is InChI=1S/C24H31NO3/c1-22(2,3)28-21(27)23(4,5)17-24(6,18-13-9-7-10-14-18)20(26)25-19-15-11-8-12-16-19/h7-16H,17H2,1-6H3,(H,25,26). The van der Waals surface area contributed by atoms with Crippen molar-refractivity contribution < 1.29 is 14.3 Å². The largest absolute Gasteiger partial charge is 0.460 e. The second kappa shape index (κ2) is 8.17. The van der Waals surface area contributed by atoms with Gasteiger partial charge < -0.3 is 10.1 Å². The van der Waals surface area contributed by atoms with Gasteiger partial charge in [0.1, 0.15) is 5.60 Å². The first-order chi connectivity index (χ1) is 12.9. The first-order valence-electron chi connectivity index (χ1n) is 9.59. The first-order valence-corrected chi connectivity index (χ1v) is 9.59. The van der Waals surface area contributed by atoms with Gasteiger partial charge in [-0.15, -0.1) is 0 Å². The lowest BCUT2D eigenvalue weighted by Crippen LogP contribution is -2.45. The normalized spacial score (nSPS) is 14.1. The van der Waals surface area contributed by atoms with Crippen LogP contribution in [0.5, 0.6) is 0 Å². The van der Waals surface area contributed by atoms with Crippen molar-refractivity contribution in [2.45, 2.75) is 59.0 Å². The lowest BCUT2D eigenvalue weighted by Gasteiger charge is -2.37. The molecule has 0 saturated carbocycles. The van der Waals surface area contributed by atoms with Crippen LogP contribution in [0.3, 0.4) is 0 Å². The Balaban J connectivity index is 2.36. The molecule has 2 rings (SSSR count). The Labute approximate surface area is 168 Å². The molecular formula is C24H31NO3. The summed E-state index contributed by atoms with van der Waals surface area (Å²) in [5.41, 5.74) is -0.738. The number of nitrogens with one attached hydrogen (secondary N) is 1. The summed E-state index contributed by atoms with van der Waals surface area (Å²) in [5.74, 6) is -0.462. The zero-order chi connectivity index (χ0) is 21.0. The van der Waals surface area contributed by atoms with Crippen LogP contribution in [0, 0.1) is 5.41 Å². The van der Waals surface area contributed by atoms with Crippen molar-refractivity contribution in [3.63, 3.8) is 0 Å². The van der Waals surface area contributed by atoms with Crippen LogP contribution in [0.4, 0.5) is 5.69 Å². The Morgan fingerprint density at radius 3 is 1.82 bits per heavy atom. The van der Waals surface area contributed by atoms with E-state index in [9.17, 15) is 9.59 Å². The maximum Gasteiger partial charge on any atom is 0.312 e. The van der Waals surface area contributed by atoms with Gasteiger partial charge in [-0.25, -0.2) is 0 Å². The molecule has 0 spiro atoms. The van der Waals surface area contributed by atoms with E-state index >= 15 is 0 Å². The summed E-state index contributed by atoms with van der Waals surface area (Å²) >= 11 is 0. The molecule has 0 aliphatic heterocycles. The highest BCUT2D eigenvalue weighted by Crippen LogP contribution is 2.39. The SMILES string of the molecule is CC(C)(C)OC(=O)C(C)(C)CC(C)(C(=O)Nc1ccccc1)c1ccccc1. The number of hydrogen-bond acceptors (Lipinski definition) is 3. The molecule has 4 nitrogen and oxygen atoms in total. The van der Waals surface area contributed by atoms with Gasteiger partial charge in [-0.3, -0.25) is 9.59 Å². The van der Waals surface area contributed by atoms with Crippen molar-refractivity contribution in [2.75, 3.05) is 5.32 Å². The molecule has 2 aromatic carbocycles. The Hall–Kier alpha value is -2.62. The van der Waals surface area contributed by atoms with Crippen molar-refractivity contribution in [3.05, 3.63) is 66.2 Å². The topological polar surface area (TPSA) is 55.4 Å². The van der Waals surface area contributed by atoms with E-state index in [1.165, 1.54) is 0 Å². The molecular weight excluding hydrogens is 350 g/mol. The summed E-state index contributed by atoms with van der Waals surface area (Å²) in [6.07, 6.45) is 0.317. The van der Waals surface area contributed by atoms with E-state index in [0.717, 1.165) is 11.3 Å². The van der Waals surface area contributed by atoms with Gasteiger partial charge in [-0.1, -0.05) is 48.5 Å². The number of carbonyl (C=O) groups is 2. The van der Waals surface area contributed by atoms with Crippen molar-refractivity contribution in [1.29, 1.82) is 0 Å². The molecule has 0 saturated heterocycles. The fraction of sp³-hybridized carbons (Fsp3) is 0.417. The van der Waals surface area contributed by atoms with Crippen LogP contribution in [0.15, 0.2) is 60.7 Å². The highest BCUT2D eigenvalue weighted by molar-refractivity contribution is 5.99. The lowest BCUT2D eigenvalue weighted by atomic mass is 9.69. The predicted molar refractivity (Wildman–Crippen MR) is 113 cm³/mol. The summed E-state index contributed by atoms with van der Waals surface area (Å²) in [7, 11) is 0. The van der Waals surface area contributed by atoms with Gasteiger partial charge in [0.05, 0.1) is 10.8 Å². The lowest BCUT2D eigenvalue weighted by molar-refractivity contribution is -0.167. The molecule has 1 amide bonds. The number of carbonyl (C=O) groups excluding carboxylic acids is 2. The van der Waals surface area contributed by atoms with Gasteiger partial charge in [-0.05, 0) is 65.7 Å². The molecule has 150 valence electrons. The summed E-state index contributed by atoms with van der Waals surface area (Å²) in [6.45, 7) is 11.1. The molecule has 1 atom stereocenters. The van der Waals surface area contributed by atoms with Gasteiger partial charge in [0.2, 0.25) is 5.91 Å². The third-order valence-electron chi connectivity index (χ3n) is 4.69. The number of hydrogen-bond donors (Lipinski definition) is 1. The number of rotatable bonds is 6. The van der Waals surface area contributed by atoms with Gasteiger partial charge in [0.25, 0.3) is 0 Å². The number of amides is 1. The van der Waals surface area contributed by atoms with Gasteiger partial charge in [-0.2, -0.15) is 0 Å². The minimum Gasteiger partial charge on any atom is -0.460 e. The minimum absolute atomic E-state index is 0.151. The Morgan fingerprint density at radius 2 is 1.32 bits per heavy atom. The van der Waals surface area contributed by atoms with E-state index in [1.807, 2.05) is 102 Å². The van der Waals surface area contributed by atoms with Crippen molar-refractivity contribution in [3.8, 4) is 0 Å². The van der Waals surface area contributed by atoms with E-state index in [4.69, 9.17) is 4.74 Å². The smallest absolute Gasteiger partial charge is 0.312 e. The van der Waals surface area contributed by atoms with Crippen LogP contribution in [0.1, 0.15) is 53.5 Å². The van der Waals surface area contributed by atoms with Crippen molar-refractivity contribution in [1.82, 2.24) is 0 Å². The second-order valence-electron chi connectivity index (χ2n) is 9.08. The summed E-state index contributed by atoms with van der Waals surface area (Å²) in [5, 5.41) is 3.00. The fourth-order valence-corrected chi connectivity index (χ4v) is 3.28. The van der Waals surface area contributed by atoms with E-state index in [1.54, 1.807) is 0 Å². The van der Waals surface area contributed by atoms with Crippen LogP contribution in [-0.2, 0) is 19.7 Å². The third kappa shape index (κ3) is 5.44. The fourth-order valence-electron chi connectivity index (χ4n) is 3.28. The minimum atomic E-state index is -0.905. The van der Waals surface area contributed by atoms with Crippen LogP contribution in [0.2, 0.25) is 0 Å². The summed E-state index contributed by atoms with van der Waals surface area (Å²) in [4.78, 5) is 26.2. The van der Waals surface area contributed by atoms with Crippen LogP contribution in [-0.4, -0.2) is 17.5 Å². The van der Waals surface area contributed by atoms with Crippen molar-refractivity contribution >= 4 is 17.6 Å². The molecule has 0 aromatic heterocycles. The number of para-hydroxylation sites is 1. The van der Waals surface area contributed by atoms with Gasteiger partial charge in [0.15, 0.2) is 0 Å². The number of benzene rings is 2. The predicted octanol–water partition coefficient (Wildman–Crippen LogP) is 5.34. The van der Waals surface area contributed by atoms with E-state index in [-0.39, 0.29) is 11.9 Å². The van der Waals surface area contributed by atoms with E-state index < -0.39 is 16.4 Å². The molecule has 2 aromatic rings. The Morgan fingerprint density at radius 1 is 0.821 bits per heavy atom. The first kappa shape index (κ1) is 21.7. The van der Waals surface area contributed by atoms with E-state index in [0.29, 0.717) is 6.42 Å². The molecule has 0 aliphatic carbocycles. The number of ether oxygens (including phenoxy) is 1. The average Bonchev–Trinajstić information content (AvgIpc) is 2.61. The molecule has 0 aliphatic rings. The van der Waals surface area contributed by atoms with Crippen LogP contribution in [0.25, 0.3) is 0 Å². The molecule has 0 fully saturated rings. The van der Waals surface area contributed by atoms with Crippen LogP contribution >= 0.6 is 0 Å². The Bertz CT molecular complexity index is 807. The average molecular weight is 382 g/mol. The van der Waals surface area contributed by atoms with Crippen molar-refractivity contribution in [2.24, 2.45) is 5.41 Å². The number of esters is 1. The zero-order valence-electron chi connectivity index (χ0n) is 17.7. The maximum atomic E-state index is 13.4. The second-order valence-corrected chi connectivity index (χ2v) is 9.08. The highest BCUT2D eigenvalue weighted by atomic mass is 16.6. The molecule has 4 heteroatoms. The van der Waals surface area contributed by atoms with Gasteiger partial charge >= 0.3 is 5.97 Å². The third-order valence-corrected chi connectivity index (χ3v) is 4.69. The summed E-state index contributed by atoms with van der Waals surface area (Å²) < 4.78 is 5.61. The molecule has 28 heavy (non-hydrogen) atoms. The van der Waals surface area contributed by atoms with Crippen LogP contribution < -0.4 is 5.32 Å². The zero-order valence-corrected chi connectivity index (χ0v) is 17.7. The maximum absolute atomic E-state index is 13.4. The Kier molecular flexibility index (Phi) is 6.33. The molecule has 1 unspecified atom stereocenters. The quantitative estimate of drug-likeness (QED) is 0.687. The number of anilines is 1. The highest BCUT2D eigenvalue weighted by Gasteiger charge is 2.44. The monoisotopic (exact) mass is 381 g/mol. The molecule has 0 bridgehead atoms. The molecule has 0 radical (unpaired) electrons. The molecule has 1 N–H and O–H groups in total. The summed E-state index contributed by atoms with van der Waals surface area (Å²) in [6, 6.07) is 18.9. The molecule has 0 heterocycles. The van der Waals surface area contributed by atoms with Gasteiger partial charge in [0, 0.05) is 5.69 Å².